The van der Waals surface area contributed by atoms with Gasteiger partial charge in [-0.1, -0.05) is 18.2 Å². The van der Waals surface area contributed by atoms with Gasteiger partial charge in [0.15, 0.2) is 24.7 Å². The van der Waals surface area contributed by atoms with Crippen LogP contribution in [0, 0.1) is 4.91 Å². The van der Waals surface area contributed by atoms with Gasteiger partial charge in [0.2, 0.25) is 0 Å². The maximum absolute atomic E-state index is 12.4. The first-order valence-electron chi connectivity index (χ1n) is 9.79. The first kappa shape index (κ1) is 21.8. The van der Waals surface area contributed by atoms with Crippen LogP contribution >= 0.6 is 0 Å². The van der Waals surface area contributed by atoms with E-state index in [0.29, 0.717) is 40.8 Å². The minimum Gasteiger partial charge on any atom is -0.477 e. The van der Waals surface area contributed by atoms with Gasteiger partial charge in [0.25, 0.3) is 10.8 Å². The number of rotatable bonds is 10. The third kappa shape index (κ3) is 6.27. The molecular weight excluding hydrogens is 398 g/mol. The predicted octanol–water partition coefficient (Wildman–Crippen LogP) is 3.97. The number of pyridine rings is 1. The Kier molecular flexibility index (Phi) is 7.53. The summed E-state index contributed by atoms with van der Waals surface area (Å²) in [6, 6.07) is 19.2. The van der Waals surface area contributed by atoms with Crippen molar-refractivity contribution in [3.8, 4) is 17.2 Å². The van der Waals surface area contributed by atoms with Gasteiger partial charge >= 0.3 is 5.69 Å². The molecule has 1 heterocycles. The molecule has 3 aromatic rings. The maximum Gasteiger partial charge on any atom is 0.317 e. The standard InChI is InChI=1S/C23H23N3O5/c1-17(23(27)25-16-14-18-7-5-6-15-24-18)30-21-8-3-4-9-22(21)31-20-12-10-19(11-13-20)26(28)29-2/h3-13,15,17H,14,16H2,1-2H3/p+1. The van der Waals surface area contributed by atoms with E-state index in [0.717, 1.165) is 5.69 Å². The van der Waals surface area contributed by atoms with Gasteiger partial charge in [0.1, 0.15) is 5.75 Å². The van der Waals surface area contributed by atoms with Crippen molar-refractivity contribution in [3.63, 3.8) is 0 Å². The molecule has 31 heavy (non-hydrogen) atoms. The number of nitrogens with one attached hydrogen (secondary N) is 1. The van der Waals surface area contributed by atoms with Crippen LogP contribution < -0.4 is 14.8 Å². The number of benzene rings is 2. The lowest BCUT2D eigenvalue weighted by Crippen LogP contribution is -2.37. The normalized spacial score (nSPS) is 11.3. The Morgan fingerprint density at radius 3 is 2.42 bits per heavy atom. The summed E-state index contributed by atoms with van der Waals surface area (Å²) in [4.78, 5) is 33.1. The molecule has 0 aliphatic carbocycles. The molecule has 0 bridgehead atoms. The summed E-state index contributed by atoms with van der Waals surface area (Å²) >= 11 is 0. The SMILES string of the molecule is CO[N+](=O)c1ccc(Oc2ccccc2OC(C)C(=O)NCCc2ccccn2)cc1. The molecule has 0 saturated carbocycles. The zero-order valence-electron chi connectivity index (χ0n) is 17.4. The molecular formula is C23H24N3O5+. The third-order valence-electron chi connectivity index (χ3n) is 4.37. The fourth-order valence-electron chi connectivity index (χ4n) is 2.75. The summed E-state index contributed by atoms with van der Waals surface area (Å²) in [7, 11) is 1.29. The van der Waals surface area contributed by atoms with Gasteiger partial charge in [-0.05, 0) is 43.3 Å². The van der Waals surface area contributed by atoms with Crippen molar-refractivity contribution in [2.75, 3.05) is 13.7 Å². The Hall–Kier alpha value is -3.94. The van der Waals surface area contributed by atoms with Crippen molar-refractivity contribution in [2.45, 2.75) is 19.4 Å². The highest BCUT2D eigenvalue weighted by Crippen LogP contribution is 2.32. The van der Waals surface area contributed by atoms with E-state index in [1.807, 2.05) is 18.2 Å². The minimum absolute atomic E-state index is 0.231. The number of nitrogens with zero attached hydrogens (tertiary/aromatic N) is 2. The molecule has 0 aliphatic rings. The van der Waals surface area contributed by atoms with Gasteiger partial charge in [-0.3, -0.25) is 9.78 Å². The number of carbonyl (C=O) groups is 1. The van der Waals surface area contributed by atoms with Crippen molar-refractivity contribution in [3.05, 3.63) is 83.5 Å². The Bertz CT molecular complexity index is 1010. The molecule has 0 fully saturated rings. The van der Waals surface area contributed by atoms with E-state index >= 15 is 0 Å². The highest BCUT2D eigenvalue weighted by molar-refractivity contribution is 5.80. The number of aromatic nitrogens is 1. The molecule has 160 valence electrons. The number of carbonyl (C=O) groups excluding carboxylic acids is 1. The van der Waals surface area contributed by atoms with Crippen LogP contribution in [-0.4, -0.2) is 35.6 Å². The predicted molar refractivity (Wildman–Crippen MR) is 114 cm³/mol. The average Bonchev–Trinajstić information content (AvgIpc) is 2.81. The van der Waals surface area contributed by atoms with Crippen LogP contribution in [0.3, 0.4) is 0 Å². The molecule has 1 atom stereocenters. The molecule has 8 nitrogen and oxygen atoms in total. The average molecular weight is 422 g/mol. The van der Waals surface area contributed by atoms with Crippen LogP contribution in [-0.2, 0) is 16.1 Å². The topological polar surface area (TPSA) is 89.8 Å². The van der Waals surface area contributed by atoms with E-state index in [-0.39, 0.29) is 5.91 Å². The summed E-state index contributed by atoms with van der Waals surface area (Å²) in [6.07, 6.45) is 1.65. The summed E-state index contributed by atoms with van der Waals surface area (Å²) in [5, 5.41) is 2.85. The van der Waals surface area contributed by atoms with Crippen molar-refractivity contribution in [1.82, 2.24) is 10.3 Å². The molecule has 3 rings (SSSR count). The second-order valence-electron chi connectivity index (χ2n) is 6.60. The Balaban J connectivity index is 1.58. The highest BCUT2D eigenvalue weighted by atomic mass is 16.8. The number of hydrogen-bond donors (Lipinski definition) is 1. The van der Waals surface area contributed by atoms with Gasteiger partial charge in [-0.2, -0.15) is 0 Å². The van der Waals surface area contributed by atoms with Crippen LogP contribution in [0.2, 0.25) is 0 Å². The maximum atomic E-state index is 12.4. The zero-order valence-corrected chi connectivity index (χ0v) is 17.4. The Morgan fingerprint density at radius 1 is 1.03 bits per heavy atom. The van der Waals surface area contributed by atoms with Crippen molar-refractivity contribution in [2.24, 2.45) is 0 Å². The molecule has 0 radical (unpaired) electrons. The number of hydrogen-bond acceptors (Lipinski definition) is 6. The third-order valence-corrected chi connectivity index (χ3v) is 4.37. The monoisotopic (exact) mass is 422 g/mol. The van der Waals surface area contributed by atoms with Crippen LogP contribution in [0.25, 0.3) is 0 Å². The fourth-order valence-corrected chi connectivity index (χ4v) is 2.75. The lowest BCUT2D eigenvalue weighted by molar-refractivity contribution is -0.736. The van der Waals surface area contributed by atoms with Crippen LogP contribution in [0.15, 0.2) is 72.9 Å². The van der Waals surface area contributed by atoms with Crippen molar-refractivity contribution in [1.29, 1.82) is 0 Å². The second kappa shape index (κ2) is 10.7. The Labute approximate surface area is 180 Å². The first-order chi connectivity index (χ1) is 15.1. The van der Waals surface area contributed by atoms with Crippen molar-refractivity contribution >= 4 is 11.6 Å². The lowest BCUT2D eigenvalue weighted by atomic mass is 10.2. The lowest BCUT2D eigenvalue weighted by Gasteiger charge is -2.17. The van der Waals surface area contributed by atoms with E-state index in [1.165, 1.54) is 7.11 Å². The summed E-state index contributed by atoms with van der Waals surface area (Å²) in [5.41, 5.74) is 1.25. The van der Waals surface area contributed by atoms with Gasteiger partial charge in [0.05, 0.1) is 4.91 Å². The van der Waals surface area contributed by atoms with E-state index in [2.05, 4.69) is 15.1 Å². The first-order valence-corrected chi connectivity index (χ1v) is 9.79. The molecule has 0 aliphatic heterocycles. The molecule has 2 aromatic carbocycles. The number of para-hydroxylation sites is 2. The fraction of sp³-hybridized carbons (Fsp3) is 0.217. The summed E-state index contributed by atoms with van der Waals surface area (Å²) in [5.74, 6) is 1.16. The van der Waals surface area contributed by atoms with Crippen molar-refractivity contribution < 1.29 is 24.0 Å². The van der Waals surface area contributed by atoms with Gasteiger partial charge in [-0.15, -0.1) is 0 Å². The van der Waals surface area contributed by atoms with E-state index in [9.17, 15) is 9.70 Å². The summed E-state index contributed by atoms with van der Waals surface area (Å²) < 4.78 is 11.7. The van der Waals surface area contributed by atoms with Crippen LogP contribution in [0.1, 0.15) is 12.6 Å². The van der Waals surface area contributed by atoms with Gasteiger partial charge in [0, 0.05) is 37.0 Å². The van der Waals surface area contributed by atoms with Gasteiger partial charge < -0.3 is 14.8 Å². The zero-order chi connectivity index (χ0) is 22.1. The van der Waals surface area contributed by atoms with Gasteiger partial charge in [-0.25, -0.2) is 4.84 Å². The molecule has 8 heteroatoms. The Morgan fingerprint density at radius 2 is 1.74 bits per heavy atom. The molecule has 1 aromatic heterocycles. The molecule has 1 amide bonds. The minimum atomic E-state index is -0.716. The molecule has 0 spiro atoms. The van der Waals surface area contributed by atoms with Crippen LogP contribution in [0.4, 0.5) is 5.69 Å². The van der Waals surface area contributed by atoms with Crippen LogP contribution in [0.5, 0.6) is 17.2 Å². The molecule has 0 saturated heterocycles. The highest BCUT2D eigenvalue weighted by Gasteiger charge is 2.18. The van der Waals surface area contributed by atoms with E-state index in [4.69, 9.17) is 9.47 Å². The second-order valence-corrected chi connectivity index (χ2v) is 6.60. The van der Waals surface area contributed by atoms with E-state index in [1.54, 1.807) is 61.7 Å². The van der Waals surface area contributed by atoms with E-state index < -0.39 is 6.10 Å². The quantitative estimate of drug-likeness (QED) is 0.497. The molecule has 1 N–H and O–H groups in total. The largest absolute Gasteiger partial charge is 0.477 e. The number of amides is 1. The summed E-state index contributed by atoms with van der Waals surface area (Å²) in [6.45, 7) is 2.14. The molecule has 1 unspecified atom stereocenters. The smallest absolute Gasteiger partial charge is 0.317 e. The number of ether oxygens (including phenoxy) is 2.